The molecule has 0 spiro atoms. The number of nitrogens with zero attached hydrogens (tertiary/aromatic N) is 1. The van der Waals surface area contributed by atoms with Gasteiger partial charge in [0.25, 0.3) is 5.91 Å². The molecule has 2 aliphatic rings. The highest BCUT2D eigenvalue weighted by Crippen LogP contribution is 2.36. The van der Waals surface area contributed by atoms with Gasteiger partial charge in [0.2, 0.25) is 5.91 Å². The van der Waals surface area contributed by atoms with Gasteiger partial charge in [-0.3, -0.25) is 14.5 Å². The molecule has 1 aliphatic carbocycles. The van der Waals surface area contributed by atoms with Crippen LogP contribution in [0.2, 0.25) is 5.02 Å². The van der Waals surface area contributed by atoms with Crippen molar-refractivity contribution in [3.63, 3.8) is 0 Å². The van der Waals surface area contributed by atoms with Crippen LogP contribution < -0.4 is 10.6 Å². The van der Waals surface area contributed by atoms with Crippen molar-refractivity contribution in [2.75, 3.05) is 31.1 Å². The van der Waals surface area contributed by atoms with E-state index in [0.29, 0.717) is 17.1 Å². The van der Waals surface area contributed by atoms with Gasteiger partial charge in [-0.2, -0.15) is 11.8 Å². The number of thioether (sulfide) groups is 1. The fourth-order valence-electron chi connectivity index (χ4n) is 4.40. The molecule has 1 aromatic carbocycles. The number of halogens is 1. The third-order valence-corrected chi connectivity index (χ3v) is 7.34. The lowest BCUT2D eigenvalue weighted by atomic mass is 9.94. The predicted octanol–water partition coefficient (Wildman–Crippen LogP) is 3.57. The molecule has 1 unspecified atom stereocenters. The fraction of sp³-hybridized carbons (Fsp3) is 0.636. The normalized spacial score (nSPS) is 20.4. The van der Waals surface area contributed by atoms with E-state index in [1.54, 1.807) is 24.3 Å². The molecule has 7 heteroatoms. The molecule has 160 valence electrons. The Morgan fingerprint density at radius 1 is 1.14 bits per heavy atom. The lowest BCUT2D eigenvalue weighted by Gasteiger charge is -2.43. The first-order valence-electron chi connectivity index (χ1n) is 10.6. The number of nitrogens with one attached hydrogen (secondary N) is 2. The van der Waals surface area contributed by atoms with Crippen molar-refractivity contribution in [3.8, 4) is 0 Å². The summed E-state index contributed by atoms with van der Waals surface area (Å²) in [6.07, 6.45) is 4.73. The van der Waals surface area contributed by atoms with E-state index in [2.05, 4.69) is 15.5 Å². The second-order valence-electron chi connectivity index (χ2n) is 8.45. The average molecular weight is 438 g/mol. The molecule has 5 nitrogen and oxygen atoms in total. The van der Waals surface area contributed by atoms with Gasteiger partial charge in [-0.15, -0.1) is 0 Å². The Bertz CT molecular complexity index is 699. The summed E-state index contributed by atoms with van der Waals surface area (Å²) in [5.74, 6) is 1.99. The highest BCUT2D eigenvalue weighted by Gasteiger charge is 2.40. The molecule has 1 heterocycles. The Morgan fingerprint density at radius 3 is 2.34 bits per heavy atom. The monoisotopic (exact) mass is 437 g/mol. The highest BCUT2D eigenvalue weighted by molar-refractivity contribution is 7.99. The van der Waals surface area contributed by atoms with Crippen LogP contribution in [0.3, 0.4) is 0 Å². The molecule has 3 rings (SSSR count). The third kappa shape index (κ3) is 5.68. The van der Waals surface area contributed by atoms with Crippen LogP contribution >= 0.6 is 23.4 Å². The first-order chi connectivity index (χ1) is 13.9. The zero-order chi connectivity index (χ0) is 20.9. The van der Waals surface area contributed by atoms with Gasteiger partial charge in [-0.1, -0.05) is 38.3 Å². The number of hydrogen-bond donors (Lipinski definition) is 2. The number of amides is 2. The minimum Gasteiger partial charge on any atom is -0.352 e. The quantitative estimate of drug-likeness (QED) is 0.684. The molecule has 0 radical (unpaired) electrons. The summed E-state index contributed by atoms with van der Waals surface area (Å²) in [4.78, 5) is 28.2. The van der Waals surface area contributed by atoms with Crippen molar-refractivity contribution in [1.29, 1.82) is 0 Å². The van der Waals surface area contributed by atoms with E-state index in [4.69, 9.17) is 11.6 Å². The Hall–Kier alpha value is -1.24. The van der Waals surface area contributed by atoms with E-state index in [9.17, 15) is 9.59 Å². The smallest absolute Gasteiger partial charge is 0.251 e. The zero-order valence-corrected chi connectivity index (χ0v) is 19.0. The Kier molecular flexibility index (Phi) is 7.88. The van der Waals surface area contributed by atoms with Gasteiger partial charge in [0, 0.05) is 47.3 Å². The summed E-state index contributed by atoms with van der Waals surface area (Å²) in [6.45, 7) is 6.78. The first kappa shape index (κ1) is 22.4. The van der Waals surface area contributed by atoms with Crippen LogP contribution in [0.25, 0.3) is 0 Å². The molecular weight excluding hydrogens is 406 g/mol. The molecule has 1 aromatic rings. The predicted molar refractivity (Wildman–Crippen MR) is 121 cm³/mol. The summed E-state index contributed by atoms with van der Waals surface area (Å²) in [5.41, 5.74) is 0.587. The van der Waals surface area contributed by atoms with Crippen LogP contribution in [-0.2, 0) is 4.79 Å². The van der Waals surface area contributed by atoms with Gasteiger partial charge in [-0.25, -0.2) is 0 Å². The molecule has 0 aromatic heterocycles. The van der Waals surface area contributed by atoms with Crippen LogP contribution in [0.4, 0.5) is 0 Å². The standard InChI is InChI=1S/C22H32ClN3O2S/c1-16(2)19(25-20(27)17-5-7-18(23)8-6-17)21(28)24-15-22(9-3-4-10-22)26-11-13-29-14-12-26/h5-8,16,19H,3-4,9-15H2,1-2H3,(H,24,28)(H,25,27). The van der Waals surface area contributed by atoms with Crippen LogP contribution in [0, 0.1) is 5.92 Å². The Balaban J connectivity index is 1.62. The molecule has 1 saturated carbocycles. The van der Waals surface area contributed by atoms with Gasteiger partial charge in [0.1, 0.15) is 6.04 Å². The molecule has 0 bridgehead atoms. The minimum atomic E-state index is -0.562. The van der Waals surface area contributed by atoms with Crippen molar-refractivity contribution < 1.29 is 9.59 Å². The maximum Gasteiger partial charge on any atom is 0.251 e. The van der Waals surface area contributed by atoms with E-state index >= 15 is 0 Å². The summed E-state index contributed by atoms with van der Waals surface area (Å²) >= 11 is 7.91. The largest absolute Gasteiger partial charge is 0.352 e. The number of hydrogen-bond acceptors (Lipinski definition) is 4. The number of rotatable bonds is 7. The van der Waals surface area contributed by atoms with Gasteiger partial charge in [0.05, 0.1) is 0 Å². The molecule has 1 atom stereocenters. The summed E-state index contributed by atoms with van der Waals surface area (Å²) in [5, 5.41) is 6.68. The lowest BCUT2D eigenvalue weighted by Crippen LogP contribution is -2.59. The molecule has 1 saturated heterocycles. The molecular formula is C22H32ClN3O2S. The van der Waals surface area contributed by atoms with Gasteiger partial charge < -0.3 is 10.6 Å². The Morgan fingerprint density at radius 2 is 1.76 bits per heavy atom. The number of carbonyl (C=O) groups is 2. The van der Waals surface area contributed by atoms with E-state index < -0.39 is 6.04 Å². The van der Waals surface area contributed by atoms with Crippen molar-refractivity contribution in [2.45, 2.75) is 51.1 Å². The number of carbonyl (C=O) groups excluding carboxylic acids is 2. The van der Waals surface area contributed by atoms with Crippen molar-refractivity contribution in [2.24, 2.45) is 5.92 Å². The first-order valence-corrected chi connectivity index (χ1v) is 12.1. The molecule has 1 aliphatic heterocycles. The number of benzene rings is 1. The highest BCUT2D eigenvalue weighted by atomic mass is 35.5. The minimum absolute atomic E-state index is 0.00263. The van der Waals surface area contributed by atoms with Crippen molar-refractivity contribution in [1.82, 2.24) is 15.5 Å². The van der Waals surface area contributed by atoms with E-state index in [1.807, 2.05) is 25.6 Å². The van der Waals surface area contributed by atoms with Crippen LogP contribution in [0.5, 0.6) is 0 Å². The van der Waals surface area contributed by atoms with Crippen molar-refractivity contribution >= 4 is 35.2 Å². The topological polar surface area (TPSA) is 61.4 Å². The van der Waals surface area contributed by atoms with Crippen LogP contribution in [0.1, 0.15) is 49.9 Å². The summed E-state index contributed by atoms with van der Waals surface area (Å²) in [7, 11) is 0. The molecule has 2 amide bonds. The van der Waals surface area contributed by atoms with Crippen LogP contribution in [0.15, 0.2) is 24.3 Å². The Labute approximate surface area is 183 Å². The van der Waals surface area contributed by atoms with E-state index in [1.165, 1.54) is 24.3 Å². The van der Waals surface area contributed by atoms with Crippen molar-refractivity contribution in [3.05, 3.63) is 34.9 Å². The average Bonchev–Trinajstić information content (AvgIpc) is 3.21. The summed E-state index contributed by atoms with van der Waals surface area (Å²) < 4.78 is 0. The lowest BCUT2D eigenvalue weighted by molar-refractivity contribution is -0.124. The van der Waals surface area contributed by atoms with Gasteiger partial charge in [-0.05, 0) is 43.0 Å². The van der Waals surface area contributed by atoms with Gasteiger partial charge in [0.15, 0.2) is 0 Å². The van der Waals surface area contributed by atoms with Crippen LogP contribution in [-0.4, -0.2) is 59.4 Å². The van der Waals surface area contributed by atoms with Gasteiger partial charge >= 0.3 is 0 Å². The third-order valence-electron chi connectivity index (χ3n) is 6.15. The SMILES string of the molecule is CC(C)C(NC(=O)c1ccc(Cl)cc1)C(=O)NCC1(N2CCSCC2)CCCC1. The summed E-state index contributed by atoms with van der Waals surface area (Å²) in [6, 6.07) is 6.15. The zero-order valence-electron chi connectivity index (χ0n) is 17.4. The van der Waals surface area contributed by atoms with E-state index in [0.717, 1.165) is 25.9 Å². The maximum absolute atomic E-state index is 13.0. The molecule has 2 N–H and O–H groups in total. The molecule has 2 fully saturated rings. The second kappa shape index (κ2) is 10.2. The fourth-order valence-corrected chi connectivity index (χ4v) is 5.43. The van der Waals surface area contributed by atoms with E-state index in [-0.39, 0.29) is 23.3 Å². The molecule has 29 heavy (non-hydrogen) atoms. The maximum atomic E-state index is 13.0. The second-order valence-corrected chi connectivity index (χ2v) is 10.1.